The van der Waals surface area contributed by atoms with E-state index >= 15 is 0 Å². The fourth-order valence-corrected chi connectivity index (χ4v) is 4.68. The molecule has 1 aromatic heterocycles. The number of amides is 1. The number of rotatable bonds is 4. The van der Waals surface area contributed by atoms with Crippen LogP contribution in [0, 0.1) is 5.82 Å². The molecule has 0 aliphatic carbocycles. The third kappa shape index (κ3) is 3.61. The van der Waals surface area contributed by atoms with Crippen LogP contribution in [0.2, 0.25) is 0 Å². The van der Waals surface area contributed by atoms with Crippen LogP contribution in [0.25, 0.3) is 22.8 Å². The van der Waals surface area contributed by atoms with Gasteiger partial charge in [-0.05, 0) is 61.0 Å². The van der Waals surface area contributed by atoms with Gasteiger partial charge in [0.15, 0.2) is 0 Å². The fraction of sp³-hybridized carbons (Fsp3) is 0.125. The van der Waals surface area contributed by atoms with Gasteiger partial charge < -0.3 is 9.42 Å². The standard InChI is InChI=1S/C24H18FN3O2S/c1-2-13-28-19-12-9-16(14-21(19)31-20-6-4-3-5-18(20)24(28)29)22-26-23(30-27-22)15-7-10-17(25)11-8-15/h3-12,14H,2,13H2,1H3. The van der Waals surface area contributed by atoms with E-state index in [4.69, 9.17) is 4.52 Å². The van der Waals surface area contributed by atoms with Gasteiger partial charge in [0.1, 0.15) is 5.82 Å². The minimum Gasteiger partial charge on any atom is -0.334 e. The maximum Gasteiger partial charge on any atom is 0.259 e. The summed E-state index contributed by atoms with van der Waals surface area (Å²) in [6, 6.07) is 19.4. The third-order valence-corrected chi connectivity index (χ3v) is 6.18. The Morgan fingerprint density at radius 1 is 1.00 bits per heavy atom. The highest BCUT2D eigenvalue weighted by Crippen LogP contribution is 2.43. The lowest BCUT2D eigenvalue weighted by atomic mass is 10.1. The number of anilines is 1. The predicted molar refractivity (Wildman–Crippen MR) is 118 cm³/mol. The maximum absolute atomic E-state index is 13.2. The topological polar surface area (TPSA) is 59.2 Å². The average molecular weight is 431 g/mol. The number of nitrogens with zero attached hydrogens (tertiary/aromatic N) is 3. The van der Waals surface area contributed by atoms with Gasteiger partial charge >= 0.3 is 0 Å². The van der Waals surface area contributed by atoms with Crippen molar-refractivity contribution in [2.24, 2.45) is 0 Å². The van der Waals surface area contributed by atoms with Crippen LogP contribution in [0.3, 0.4) is 0 Å². The van der Waals surface area contributed by atoms with Crippen molar-refractivity contribution in [3.63, 3.8) is 0 Å². The summed E-state index contributed by atoms with van der Waals surface area (Å²) in [5, 5.41) is 4.10. The zero-order valence-electron chi connectivity index (χ0n) is 16.7. The lowest BCUT2D eigenvalue weighted by Crippen LogP contribution is -2.31. The Morgan fingerprint density at radius 2 is 1.77 bits per heavy atom. The SMILES string of the molecule is CCCN1C(=O)c2ccccc2Sc2cc(-c3noc(-c4ccc(F)cc4)n3)ccc21. The van der Waals surface area contributed by atoms with Gasteiger partial charge in [-0.3, -0.25) is 4.79 Å². The molecule has 0 saturated heterocycles. The van der Waals surface area contributed by atoms with Crippen molar-refractivity contribution in [1.29, 1.82) is 0 Å². The number of fused-ring (bicyclic) bond motifs is 2. The van der Waals surface area contributed by atoms with Gasteiger partial charge in [0.2, 0.25) is 5.82 Å². The second kappa shape index (κ2) is 8.00. The maximum atomic E-state index is 13.2. The van der Waals surface area contributed by atoms with Crippen LogP contribution in [0.5, 0.6) is 0 Å². The van der Waals surface area contributed by atoms with E-state index in [1.54, 1.807) is 23.9 Å². The van der Waals surface area contributed by atoms with E-state index in [1.807, 2.05) is 47.4 Å². The highest BCUT2D eigenvalue weighted by molar-refractivity contribution is 7.99. The number of halogens is 1. The van der Waals surface area contributed by atoms with Crippen molar-refractivity contribution in [3.05, 3.63) is 78.1 Å². The molecule has 0 spiro atoms. The van der Waals surface area contributed by atoms with Crippen LogP contribution in [0.15, 0.2) is 81.0 Å². The Bertz CT molecular complexity index is 1270. The predicted octanol–water partition coefficient (Wildman–Crippen LogP) is 6.06. The van der Waals surface area contributed by atoms with Gasteiger partial charge in [-0.2, -0.15) is 4.98 Å². The summed E-state index contributed by atoms with van der Waals surface area (Å²) in [5.41, 5.74) is 3.01. The van der Waals surface area contributed by atoms with E-state index in [1.165, 1.54) is 12.1 Å². The van der Waals surface area contributed by atoms with Crippen LogP contribution in [-0.2, 0) is 0 Å². The molecule has 0 fully saturated rings. The first-order valence-corrected chi connectivity index (χ1v) is 10.8. The minimum atomic E-state index is -0.322. The molecule has 0 bridgehead atoms. The average Bonchev–Trinajstić information content (AvgIpc) is 3.24. The number of carbonyl (C=O) groups is 1. The van der Waals surface area contributed by atoms with Crippen LogP contribution in [0.1, 0.15) is 23.7 Å². The van der Waals surface area contributed by atoms with Gasteiger partial charge in [0.25, 0.3) is 11.8 Å². The number of hydrogen-bond acceptors (Lipinski definition) is 5. The van der Waals surface area contributed by atoms with E-state index in [2.05, 4.69) is 17.1 Å². The van der Waals surface area contributed by atoms with Crippen molar-refractivity contribution < 1.29 is 13.7 Å². The number of benzene rings is 3. The van der Waals surface area contributed by atoms with Crippen LogP contribution in [0.4, 0.5) is 10.1 Å². The fourth-order valence-electron chi connectivity index (χ4n) is 3.56. The molecule has 0 saturated carbocycles. The molecular formula is C24H18FN3O2S. The first-order valence-electron chi connectivity index (χ1n) is 9.97. The lowest BCUT2D eigenvalue weighted by molar-refractivity contribution is 0.0984. The lowest BCUT2D eigenvalue weighted by Gasteiger charge is -2.22. The monoisotopic (exact) mass is 431 g/mol. The minimum absolute atomic E-state index is 0.00890. The second-order valence-corrected chi connectivity index (χ2v) is 8.25. The summed E-state index contributed by atoms with van der Waals surface area (Å²) in [6.07, 6.45) is 0.853. The van der Waals surface area contributed by atoms with Crippen molar-refractivity contribution in [2.75, 3.05) is 11.4 Å². The molecule has 1 aliphatic heterocycles. The summed E-state index contributed by atoms with van der Waals surface area (Å²) in [6.45, 7) is 2.69. The molecule has 1 amide bonds. The van der Waals surface area contributed by atoms with Crippen molar-refractivity contribution in [3.8, 4) is 22.8 Å². The molecule has 0 radical (unpaired) electrons. The summed E-state index contributed by atoms with van der Waals surface area (Å²) >= 11 is 1.56. The Balaban J connectivity index is 1.56. The Labute approximate surface area is 182 Å². The van der Waals surface area contributed by atoms with Gasteiger partial charge in [0.05, 0.1) is 11.3 Å². The highest BCUT2D eigenvalue weighted by Gasteiger charge is 2.27. The molecule has 0 unspecified atom stereocenters. The molecule has 31 heavy (non-hydrogen) atoms. The second-order valence-electron chi connectivity index (χ2n) is 7.17. The van der Waals surface area contributed by atoms with Crippen molar-refractivity contribution in [1.82, 2.24) is 10.1 Å². The zero-order valence-corrected chi connectivity index (χ0v) is 17.5. The first-order chi connectivity index (χ1) is 15.1. The number of carbonyl (C=O) groups excluding carboxylic acids is 1. The molecule has 4 aromatic rings. The third-order valence-electron chi connectivity index (χ3n) is 5.06. The van der Waals surface area contributed by atoms with Crippen LogP contribution >= 0.6 is 11.8 Å². The molecule has 3 aromatic carbocycles. The summed E-state index contributed by atoms with van der Waals surface area (Å²) in [4.78, 5) is 21.4. The summed E-state index contributed by atoms with van der Waals surface area (Å²) in [5.74, 6) is 0.451. The first kappa shape index (κ1) is 19.5. The Morgan fingerprint density at radius 3 is 2.58 bits per heavy atom. The molecule has 5 nitrogen and oxygen atoms in total. The summed E-state index contributed by atoms with van der Waals surface area (Å²) in [7, 11) is 0. The van der Waals surface area contributed by atoms with E-state index in [-0.39, 0.29) is 11.7 Å². The van der Waals surface area contributed by atoms with Crippen LogP contribution < -0.4 is 4.90 Å². The van der Waals surface area contributed by atoms with Gasteiger partial charge in [-0.1, -0.05) is 36.0 Å². The Hall–Kier alpha value is -3.45. The number of hydrogen-bond donors (Lipinski definition) is 0. The van der Waals surface area contributed by atoms with Gasteiger partial charge in [-0.25, -0.2) is 4.39 Å². The molecule has 7 heteroatoms. The molecule has 0 atom stereocenters. The Kier molecular flexibility index (Phi) is 5.03. The van der Waals surface area contributed by atoms with E-state index in [0.717, 1.165) is 27.5 Å². The van der Waals surface area contributed by atoms with Crippen molar-refractivity contribution >= 4 is 23.4 Å². The molecule has 0 N–H and O–H groups in total. The molecule has 1 aliphatic rings. The molecular weight excluding hydrogens is 413 g/mol. The normalized spacial score (nSPS) is 13.0. The molecule has 2 heterocycles. The van der Waals surface area contributed by atoms with Crippen molar-refractivity contribution in [2.45, 2.75) is 23.1 Å². The van der Waals surface area contributed by atoms with E-state index < -0.39 is 0 Å². The van der Waals surface area contributed by atoms with Gasteiger partial charge in [-0.15, -0.1) is 0 Å². The smallest absolute Gasteiger partial charge is 0.259 e. The molecule has 154 valence electrons. The summed E-state index contributed by atoms with van der Waals surface area (Å²) < 4.78 is 18.6. The largest absolute Gasteiger partial charge is 0.334 e. The highest BCUT2D eigenvalue weighted by atomic mass is 32.2. The van der Waals surface area contributed by atoms with Crippen LogP contribution in [-0.4, -0.2) is 22.6 Å². The zero-order chi connectivity index (χ0) is 21.4. The molecule has 5 rings (SSSR count). The van der Waals surface area contributed by atoms with Gasteiger partial charge in [0, 0.05) is 27.5 Å². The number of aromatic nitrogens is 2. The van der Waals surface area contributed by atoms with E-state index in [0.29, 0.717) is 29.4 Å². The van der Waals surface area contributed by atoms with E-state index in [9.17, 15) is 9.18 Å². The quantitative estimate of drug-likeness (QED) is 0.393.